The van der Waals surface area contributed by atoms with Crippen LogP contribution in [0, 0.1) is 0 Å². The van der Waals surface area contributed by atoms with Crippen LogP contribution in [0.2, 0.25) is 0 Å². The van der Waals surface area contributed by atoms with E-state index >= 15 is 0 Å². The van der Waals surface area contributed by atoms with Gasteiger partial charge in [-0.1, -0.05) is 24.6 Å². The highest BCUT2D eigenvalue weighted by molar-refractivity contribution is 5.20. The topological polar surface area (TPSA) is 61.4 Å². The number of benzene rings is 1. The fraction of sp³-hybridized carbons (Fsp3) is 0.471. The van der Waals surface area contributed by atoms with Gasteiger partial charge in [-0.15, -0.1) is 0 Å². The molecule has 0 radical (unpaired) electrons. The van der Waals surface area contributed by atoms with Crippen molar-refractivity contribution in [3.05, 3.63) is 48.3 Å². The summed E-state index contributed by atoms with van der Waals surface area (Å²) in [7, 11) is 0. The monoisotopic (exact) mass is 301 g/mol. The van der Waals surface area contributed by atoms with Gasteiger partial charge in [0.05, 0.1) is 6.20 Å². The largest absolute Gasteiger partial charge is 0.491 e. The fourth-order valence-electron chi connectivity index (χ4n) is 3.06. The molecule has 0 saturated carbocycles. The Morgan fingerprint density at radius 3 is 2.95 bits per heavy atom. The second kappa shape index (κ2) is 7.42. The first-order chi connectivity index (χ1) is 10.8. The molecule has 0 aliphatic carbocycles. The van der Waals surface area contributed by atoms with Gasteiger partial charge in [-0.05, 0) is 31.5 Å². The minimum atomic E-state index is -0.493. The maximum absolute atomic E-state index is 10.3. The SMILES string of the molecule is O[C@H](COc1ccccc1)CN1CCCC[C@H]1c1cn[nH]c1. The summed E-state index contributed by atoms with van der Waals surface area (Å²) in [6.07, 6.45) is 6.87. The number of likely N-dealkylation sites (tertiary alicyclic amines) is 1. The maximum Gasteiger partial charge on any atom is 0.119 e. The molecule has 2 heterocycles. The molecule has 2 atom stereocenters. The Kier molecular flexibility index (Phi) is 5.08. The lowest BCUT2D eigenvalue weighted by Crippen LogP contribution is -2.40. The molecule has 0 amide bonds. The second-order valence-corrected chi connectivity index (χ2v) is 5.82. The Bertz CT molecular complexity index is 544. The molecule has 1 fully saturated rings. The predicted molar refractivity (Wildman–Crippen MR) is 84.7 cm³/mol. The minimum absolute atomic E-state index is 0.318. The summed E-state index contributed by atoms with van der Waals surface area (Å²) in [5.41, 5.74) is 1.20. The summed E-state index contributed by atoms with van der Waals surface area (Å²) < 4.78 is 5.64. The molecule has 0 bridgehead atoms. The van der Waals surface area contributed by atoms with E-state index in [1.165, 1.54) is 18.4 Å². The van der Waals surface area contributed by atoms with Gasteiger partial charge in [-0.3, -0.25) is 10.00 Å². The van der Waals surface area contributed by atoms with Crippen molar-refractivity contribution in [2.45, 2.75) is 31.4 Å². The molecule has 0 spiro atoms. The van der Waals surface area contributed by atoms with Gasteiger partial charge >= 0.3 is 0 Å². The van der Waals surface area contributed by atoms with Crippen LogP contribution in [-0.4, -0.2) is 46.0 Å². The summed E-state index contributed by atoms with van der Waals surface area (Å²) in [6.45, 7) is 1.96. The first-order valence-electron chi connectivity index (χ1n) is 7.91. The van der Waals surface area contributed by atoms with E-state index in [0.717, 1.165) is 18.7 Å². The molecule has 22 heavy (non-hydrogen) atoms. The number of β-amino-alcohol motifs (C(OH)–C–C–N with tert-alkyl or cyclic N) is 1. The lowest BCUT2D eigenvalue weighted by Gasteiger charge is -2.36. The zero-order valence-electron chi connectivity index (χ0n) is 12.7. The molecule has 1 aliphatic rings. The van der Waals surface area contributed by atoms with Gasteiger partial charge in [0.25, 0.3) is 0 Å². The van der Waals surface area contributed by atoms with Crippen molar-refractivity contribution >= 4 is 0 Å². The first kappa shape index (κ1) is 15.1. The molecule has 118 valence electrons. The van der Waals surface area contributed by atoms with E-state index in [2.05, 4.69) is 15.1 Å². The van der Waals surface area contributed by atoms with E-state index in [1.807, 2.05) is 42.7 Å². The molecule has 2 N–H and O–H groups in total. The van der Waals surface area contributed by atoms with E-state index < -0.39 is 6.10 Å². The Morgan fingerprint density at radius 2 is 2.18 bits per heavy atom. The van der Waals surface area contributed by atoms with E-state index in [9.17, 15) is 5.11 Å². The number of hydrogen-bond donors (Lipinski definition) is 2. The third-order valence-electron chi connectivity index (χ3n) is 4.15. The average Bonchev–Trinajstić information content (AvgIpc) is 3.09. The summed E-state index contributed by atoms with van der Waals surface area (Å²) in [5, 5.41) is 17.2. The van der Waals surface area contributed by atoms with Gasteiger partial charge < -0.3 is 9.84 Å². The number of hydrogen-bond acceptors (Lipinski definition) is 4. The number of aliphatic hydroxyl groups is 1. The third kappa shape index (κ3) is 3.87. The molecule has 1 aliphatic heterocycles. The number of rotatable bonds is 6. The van der Waals surface area contributed by atoms with Gasteiger partial charge in [0, 0.05) is 24.3 Å². The molecular formula is C17H23N3O2. The molecule has 2 aromatic rings. The van der Waals surface area contributed by atoms with Crippen LogP contribution in [0.4, 0.5) is 0 Å². The molecule has 1 aromatic carbocycles. The van der Waals surface area contributed by atoms with E-state index in [-0.39, 0.29) is 0 Å². The highest BCUT2D eigenvalue weighted by Crippen LogP contribution is 2.30. The first-order valence-corrected chi connectivity index (χ1v) is 7.91. The van der Waals surface area contributed by atoms with Crippen molar-refractivity contribution in [3.8, 4) is 5.75 Å². The Balaban J connectivity index is 1.54. The summed E-state index contributed by atoms with van der Waals surface area (Å²) >= 11 is 0. The van der Waals surface area contributed by atoms with Gasteiger partial charge in [0.15, 0.2) is 0 Å². The van der Waals surface area contributed by atoms with Gasteiger partial charge in [0.1, 0.15) is 18.5 Å². The predicted octanol–water partition coefficient (Wildman–Crippen LogP) is 2.38. The molecule has 3 rings (SSSR count). The lowest BCUT2D eigenvalue weighted by molar-refractivity contribution is 0.0393. The van der Waals surface area contributed by atoms with Crippen molar-refractivity contribution < 1.29 is 9.84 Å². The number of para-hydroxylation sites is 1. The Hall–Kier alpha value is -1.85. The standard InChI is InChI=1S/C17H23N3O2/c21-15(13-22-16-6-2-1-3-7-16)12-20-9-5-4-8-17(20)14-10-18-19-11-14/h1-3,6-7,10-11,15,17,21H,4-5,8-9,12-13H2,(H,18,19)/t15-,17-/m0/s1. The van der Waals surface area contributed by atoms with Crippen LogP contribution in [0.5, 0.6) is 5.75 Å². The second-order valence-electron chi connectivity index (χ2n) is 5.82. The molecule has 1 aromatic heterocycles. The van der Waals surface area contributed by atoms with E-state index in [1.54, 1.807) is 0 Å². The average molecular weight is 301 g/mol. The van der Waals surface area contributed by atoms with Crippen LogP contribution in [0.15, 0.2) is 42.7 Å². The number of nitrogens with zero attached hydrogens (tertiary/aromatic N) is 2. The van der Waals surface area contributed by atoms with Crippen molar-refractivity contribution in [2.75, 3.05) is 19.7 Å². The third-order valence-corrected chi connectivity index (χ3v) is 4.15. The number of aromatic amines is 1. The quantitative estimate of drug-likeness (QED) is 0.860. The number of aromatic nitrogens is 2. The van der Waals surface area contributed by atoms with Crippen LogP contribution in [0.3, 0.4) is 0 Å². The Labute approximate surface area is 130 Å². The zero-order valence-corrected chi connectivity index (χ0v) is 12.7. The molecule has 0 unspecified atom stereocenters. The van der Waals surface area contributed by atoms with Crippen molar-refractivity contribution in [1.82, 2.24) is 15.1 Å². The molecule has 1 saturated heterocycles. The van der Waals surface area contributed by atoms with Crippen molar-refractivity contribution in [1.29, 1.82) is 0 Å². The summed E-state index contributed by atoms with van der Waals surface area (Å²) in [4.78, 5) is 2.34. The maximum atomic E-state index is 10.3. The Morgan fingerprint density at radius 1 is 1.32 bits per heavy atom. The van der Waals surface area contributed by atoms with Gasteiger partial charge in [0.2, 0.25) is 0 Å². The van der Waals surface area contributed by atoms with Gasteiger partial charge in [-0.2, -0.15) is 5.10 Å². The summed E-state index contributed by atoms with van der Waals surface area (Å²) in [5.74, 6) is 0.798. The van der Waals surface area contributed by atoms with Crippen LogP contribution in [0.25, 0.3) is 0 Å². The minimum Gasteiger partial charge on any atom is -0.491 e. The van der Waals surface area contributed by atoms with Crippen LogP contribution in [-0.2, 0) is 0 Å². The normalized spacial score (nSPS) is 20.7. The highest BCUT2D eigenvalue weighted by atomic mass is 16.5. The number of ether oxygens (including phenoxy) is 1. The smallest absolute Gasteiger partial charge is 0.119 e. The molecule has 5 heteroatoms. The van der Waals surface area contributed by atoms with Crippen LogP contribution in [0.1, 0.15) is 30.9 Å². The van der Waals surface area contributed by atoms with E-state index in [0.29, 0.717) is 19.2 Å². The molecule has 5 nitrogen and oxygen atoms in total. The van der Waals surface area contributed by atoms with Crippen molar-refractivity contribution in [2.24, 2.45) is 0 Å². The van der Waals surface area contributed by atoms with Crippen LogP contribution < -0.4 is 4.74 Å². The van der Waals surface area contributed by atoms with Gasteiger partial charge in [-0.25, -0.2) is 0 Å². The number of aliphatic hydroxyl groups excluding tert-OH is 1. The lowest BCUT2D eigenvalue weighted by atomic mass is 9.97. The summed E-state index contributed by atoms with van der Waals surface area (Å²) in [6, 6.07) is 9.97. The van der Waals surface area contributed by atoms with Crippen LogP contribution >= 0.6 is 0 Å². The zero-order chi connectivity index (χ0) is 15.2. The van der Waals surface area contributed by atoms with Crippen molar-refractivity contribution in [3.63, 3.8) is 0 Å². The number of piperidine rings is 1. The number of nitrogens with one attached hydrogen (secondary N) is 1. The molecular weight excluding hydrogens is 278 g/mol. The fourth-order valence-corrected chi connectivity index (χ4v) is 3.06. The highest BCUT2D eigenvalue weighted by Gasteiger charge is 2.26. The number of H-pyrrole nitrogens is 1. The van der Waals surface area contributed by atoms with E-state index in [4.69, 9.17) is 4.74 Å².